The largest absolute Gasteiger partial charge is 0.0766 e. The standard InChI is InChI=1S/C9H17B/c1-4-9(3)6-8(10)5-7(9)2/h7-8H,4-6H2,1-3H3. The molecule has 0 nitrogen and oxygen atoms in total. The number of hydrogen-bond donors (Lipinski definition) is 0. The van der Waals surface area contributed by atoms with Crippen molar-refractivity contribution in [2.24, 2.45) is 11.3 Å². The van der Waals surface area contributed by atoms with E-state index in [9.17, 15) is 0 Å². The van der Waals surface area contributed by atoms with E-state index in [1.54, 1.807) is 0 Å². The third-order valence-electron chi connectivity index (χ3n) is 3.38. The van der Waals surface area contributed by atoms with Gasteiger partial charge in [-0.3, -0.25) is 0 Å². The zero-order valence-electron chi connectivity index (χ0n) is 7.35. The molecule has 1 aliphatic rings. The maximum Gasteiger partial charge on any atom is 0.0699 e. The van der Waals surface area contributed by atoms with E-state index in [0.717, 1.165) is 5.92 Å². The Kier molecular flexibility index (Phi) is 2.12. The molecule has 0 amide bonds. The summed E-state index contributed by atoms with van der Waals surface area (Å²) in [6.45, 7) is 6.97. The molecule has 0 N–H and O–H groups in total. The van der Waals surface area contributed by atoms with E-state index in [2.05, 4.69) is 20.8 Å². The van der Waals surface area contributed by atoms with Gasteiger partial charge in [-0.15, -0.1) is 0 Å². The minimum absolute atomic E-state index is 0.472. The summed E-state index contributed by atoms with van der Waals surface area (Å²) < 4.78 is 0. The average Bonchev–Trinajstić information content (AvgIpc) is 2.09. The molecule has 0 aromatic rings. The Morgan fingerprint density at radius 3 is 2.40 bits per heavy atom. The Morgan fingerprint density at radius 1 is 1.60 bits per heavy atom. The predicted molar refractivity (Wildman–Crippen MR) is 46.3 cm³/mol. The zero-order chi connectivity index (χ0) is 7.78. The van der Waals surface area contributed by atoms with Gasteiger partial charge in [0.05, 0.1) is 7.85 Å². The fourth-order valence-electron chi connectivity index (χ4n) is 2.11. The summed E-state index contributed by atoms with van der Waals surface area (Å²) in [5, 5.41) is 0. The monoisotopic (exact) mass is 136 g/mol. The van der Waals surface area contributed by atoms with Crippen LogP contribution in [0.25, 0.3) is 0 Å². The molecule has 1 rings (SSSR count). The Balaban J connectivity index is 2.61. The van der Waals surface area contributed by atoms with Gasteiger partial charge in [-0.05, 0) is 11.3 Å². The van der Waals surface area contributed by atoms with Gasteiger partial charge < -0.3 is 0 Å². The second kappa shape index (κ2) is 2.60. The van der Waals surface area contributed by atoms with Crippen LogP contribution in [-0.2, 0) is 0 Å². The quantitative estimate of drug-likeness (QED) is 0.486. The van der Waals surface area contributed by atoms with Crippen molar-refractivity contribution < 1.29 is 0 Å². The van der Waals surface area contributed by atoms with E-state index in [1.165, 1.54) is 19.3 Å². The number of rotatable bonds is 1. The van der Waals surface area contributed by atoms with Crippen LogP contribution in [0.5, 0.6) is 0 Å². The van der Waals surface area contributed by atoms with Crippen molar-refractivity contribution in [2.45, 2.75) is 45.9 Å². The fourth-order valence-corrected chi connectivity index (χ4v) is 2.11. The van der Waals surface area contributed by atoms with Crippen LogP contribution < -0.4 is 0 Å². The molecule has 0 aromatic carbocycles. The highest BCUT2D eigenvalue weighted by atomic mass is 14.4. The minimum atomic E-state index is 0.472. The molecule has 2 radical (unpaired) electrons. The minimum Gasteiger partial charge on any atom is -0.0766 e. The zero-order valence-corrected chi connectivity index (χ0v) is 7.35. The molecule has 0 aliphatic heterocycles. The molecule has 0 bridgehead atoms. The van der Waals surface area contributed by atoms with E-state index >= 15 is 0 Å². The average molecular weight is 136 g/mol. The first-order chi connectivity index (χ1) is 4.58. The lowest BCUT2D eigenvalue weighted by Crippen LogP contribution is -2.17. The summed E-state index contributed by atoms with van der Waals surface area (Å²) in [6.07, 6.45) is 3.73. The van der Waals surface area contributed by atoms with Gasteiger partial charge in [0.15, 0.2) is 0 Å². The smallest absolute Gasteiger partial charge is 0.0699 e. The highest BCUT2D eigenvalue weighted by Crippen LogP contribution is 2.49. The molecule has 1 fully saturated rings. The van der Waals surface area contributed by atoms with Gasteiger partial charge in [0.2, 0.25) is 0 Å². The van der Waals surface area contributed by atoms with Crippen molar-refractivity contribution in [2.75, 3.05) is 0 Å². The second-order valence-electron chi connectivity index (χ2n) is 4.11. The van der Waals surface area contributed by atoms with Crippen molar-refractivity contribution in [3.05, 3.63) is 0 Å². The molecule has 0 saturated heterocycles. The molecule has 0 spiro atoms. The van der Waals surface area contributed by atoms with Crippen LogP contribution >= 0.6 is 0 Å². The van der Waals surface area contributed by atoms with Gasteiger partial charge in [-0.25, -0.2) is 0 Å². The number of hydrogen-bond acceptors (Lipinski definition) is 0. The second-order valence-corrected chi connectivity index (χ2v) is 4.11. The fraction of sp³-hybridized carbons (Fsp3) is 1.00. The van der Waals surface area contributed by atoms with Crippen molar-refractivity contribution in [1.29, 1.82) is 0 Å². The molecule has 3 atom stereocenters. The van der Waals surface area contributed by atoms with Gasteiger partial charge in [0.1, 0.15) is 0 Å². The van der Waals surface area contributed by atoms with Gasteiger partial charge in [0, 0.05) is 0 Å². The van der Waals surface area contributed by atoms with Crippen LogP contribution in [0.15, 0.2) is 0 Å². The summed E-state index contributed by atoms with van der Waals surface area (Å²) >= 11 is 0. The summed E-state index contributed by atoms with van der Waals surface area (Å²) in [5.74, 6) is 1.30. The van der Waals surface area contributed by atoms with Gasteiger partial charge in [0.25, 0.3) is 0 Å². The highest BCUT2D eigenvalue weighted by Gasteiger charge is 2.37. The van der Waals surface area contributed by atoms with Crippen LogP contribution in [-0.4, -0.2) is 7.85 Å². The predicted octanol–water partition coefficient (Wildman–Crippen LogP) is 2.79. The molecule has 1 saturated carbocycles. The summed E-state index contributed by atoms with van der Waals surface area (Å²) in [7, 11) is 5.88. The van der Waals surface area contributed by atoms with E-state index in [4.69, 9.17) is 7.85 Å². The van der Waals surface area contributed by atoms with Crippen LogP contribution in [0.4, 0.5) is 0 Å². The van der Waals surface area contributed by atoms with E-state index < -0.39 is 0 Å². The van der Waals surface area contributed by atoms with Crippen molar-refractivity contribution in [3.63, 3.8) is 0 Å². The molecule has 1 heteroatoms. The first-order valence-electron chi connectivity index (χ1n) is 4.34. The maximum absolute atomic E-state index is 5.88. The molecule has 10 heavy (non-hydrogen) atoms. The molecule has 0 heterocycles. The Hall–Kier alpha value is 0.0649. The lowest BCUT2D eigenvalue weighted by Gasteiger charge is -2.27. The van der Waals surface area contributed by atoms with Crippen LogP contribution in [0.2, 0.25) is 5.82 Å². The van der Waals surface area contributed by atoms with Crippen LogP contribution in [0.1, 0.15) is 40.0 Å². The molecular formula is C9H17B. The van der Waals surface area contributed by atoms with Crippen molar-refractivity contribution in [1.82, 2.24) is 0 Å². The van der Waals surface area contributed by atoms with Crippen LogP contribution in [0.3, 0.4) is 0 Å². The van der Waals surface area contributed by atoms with E-state index in [0.29, 0.717) is 11.2 Å². The summed E-state index contributed by atoms with van der Waals surface area (Å²) in [4.78, 5) is 0. The Labute approximate surface area is 65.8 Å². The summed E-state index contributed by atoms with van der Waals surface area (Å²) in [6, 6.07) is 0. The lowest BCUT2D eigenvalue weighted by molar-refractivity contribution is 0.236. The highest BCUT2D eigenvalue weighted by molar-refractivity contribution is 6.11. The van der Waals surface area contributed by atoms with Crippen LogP contribution in [0, 0.1) is 11.3 Å². The van der Waals surface area contributed by atoms with E-state index in [1.807, 2.05) is 0 Å². The van der Waals surface area contributed by atoms with Gasteiger partial charge >= 0.3 is 0 Å². The molecule has 56 valence electrons. The van der Waals surface area contributed by atoms with Crippen molar-refractivity contribution in [3.8, 4) is 0 Å². The molecular weight excluding hydrogens is 119 g/mol. The first-order valence-corrected chi connectivity index (χ1v) is 4.34. The third kappa shape index (κ3) is 1.23. The maximum atomic E-state index is 5.88. The third-order valence-corrected chi connectivity index (χ3v) is 3.38. The normalized spacial score (nSPS) is 47.9. The topological polar surface area (TPSA) is 0 Å². The Morgan fingerprint density at radius 2 is 2.20 bits per heavy atom. The SMILES string of the molecule is [B]C1CC(C)C(C)(CC)C1. The molecule has 0 aromatic heterocycles. The van der Waals surface area contributed by atoms with Gasteiger partial charge in [-0.2, -0.15) is 0 Å². The Bertz CT molecular complexity index is 122. The molecule has 1 aliphatic carbocycles. The summed E-state index contributed by atoms with van der Waals surface area (Å²) in [5.41, 5.74) is 0.541. The van der Waals surface area contributed by atoms with E-state index in [-0.39, 0.29) is 0 Å². The lowest BCUT2D eigenvalue weighted by atomic mass is 9.77. The van der Waals surface area contributed by atoms with Crippen molar-refractivity contribution >= 4 is 7.85 Å². The van der Waals surface area contributed by atoms with Gasteiger partial charge in [-0.1, -0.05) is 45.9 Å². The first kappa shape index (κ1) is 8.16. The molecule has 3 unspecified atom stereocenters.